The molecule has 0 radical (unpaired) electrons. The molecule has 1 aromatic rings. The highest BCUT2D eigenvalue weighted by molar-refractivity contribution is 9.10. The van der Waals surface area contributed by atoms with E-state index in [9.17, 15) is 4.39 Å². The molecule has 2 nitrogen and oxygen atoms in total. The van der Waals surface area contributed by atoms with Gasteiger partial charge in [0.2, 0.25) is 0 Å². The molecule has 4 heteroatoms. The van der Waals surface area contributed by atoms with Crippen molar-refractivity contribution in [1.82, 2.24) is 5.32 Å². The molecule has 0 aromatic heterocycles. The van der Waals surface area contributed by atoms with E-state index in [0.717, 1.165) is 23.2 Å². The summed E-state index contributed by atoms with van der Waals surface area (Å²) in [5, 5.41) is 6.38. The molecule has 0 spiro atoms. The van der Waals surface area contributed by atoms with Crippen LogP contribution in [0.2, 0.25) is 0 Å². The van der Waals surface area contributed by atoms with Crippen molar-refractivity contribution >= 4 is 21.6 Å². The summed E-state index contributed by atoms with van der Waals surface area (Å²) < 4.78 is 13.7. The number of hydrogen-bond donors (Lipinski definition) is 2. The Morgan fingerprint density at radius 3 is 2.85 bits per heavy atom. The summed E-state index contributed by atoms with van der Waals surface area (Å²) in [6.07, 6.45) is 0. The Morgan fingerprint density at radius 2 is 2.23 bits per heavy atom. The zero-order chi connectivity index (χ0) is 9.26. The fourth-order valence-electron chi connectivity index (χ4n) is 1.22. The minimum atomic E-state index is -0.210. The zero-order valence-electron chi connectivity index (χ0n) is 6.98. The van der Waals surface area contributed by atoms with Gasteiger partial charge >= 0.3 is 0 Å². The summed E-state index contributed by atoms with van der Waals surface area (Å²) in [6.45, 7) is 1.89. The standard InChI is InChI=1S/C9H10BrFN2/c10-8-2-1-6(11)3-9(8)13-7-4-12-5-7/h1-3,7,12-13H,4-5H2. The SMILES string of the molecule is Fc1ccc(Br)c(NC2CNC2)c1. The van der Waals surface area contributed by atoms with Crippen molar-refractivity contribution in [2.45, 2.75) is 6.04 Å². The highest BCUT2D eigenvalue weighted by Crippen LogP contribution is 2.24. The predicted octanol–water partition coefficient (Wildman–Crippen LogP) is 1.97. The van der Waals surface area contributed by atoms with Crippen LogP contribution < -0.4 is 10.6 Å². The lowest BCUT2D eigenvalue weighted by molar-refractivity contribution is 0.472. The van der Waals surface area contributed by atoms with E-state index in [0.29, 0.717) is 6.04 Å². The van der Waals surface area contributed by atoms with Gasteiger partial charge in [-0.2, -0.15) is 0 Å². The van der Waals surface area contributed by atoms with Crippen molar-refractivity contribution in [3.05, 3.63) is 28.5 Å². The molecule has 0 bridgehead atoms. The third kappa shape index (κ3) is 2.00. The first-order chi connectivity index (χ1) is 6.25. The molecule has 0 amide bonds. The lowest BCUT2D eigenvalue weighted by Crippen LogP contribution is -2.51. The minimum Gasteiger partial charge on any atom is -0.379 e. The number of nitrogens with one attached hydrogen (secondary N) is 2. The number of hydrogen-bond acceptors (Lipinski definition) is 2. The molecule has 1 heterocycles. The maximum absolute atomic E-state index is 12.8. The van der Waals surface area contributed by atoms with Gasteiger partial charge in [0, 0.05) is 17.6 Å². The van der Waals surface area contributed by atoms with Gasteiger partial charge < -0.3 is 10.6 Å². The van der Waals surface area contributed by atoms with E-state index in [1.165, 1.54) is 12.1 Å². The van der Waals surface area contributed by atoms with E-state index in [4.69, 9.17) is 0 Å². The van der Waals surface area contributed by atoms with E-state index in [2.05, 4.69) is 26.6 Å². The van der Waals surface area contributed by atoms with E-state index >= 15 is 0 Å². The van der Waals surface area contributed by atoms with Gasteiger partial charge in [-0.15, -0.1) is 0 Å². The largest absolute Gasteiger partial charge is 0.379 e. The summed E-state index contributed by atoms with van der Waals surface area (Å²) in [6, 6.07) is 5.08. The van der Waals surface area contributed by atoms with Gasteiger partial charge in [-0.3, -0.25) is 0 Å². The van der Waals surface area contributed by atoms with E-state index in [1.807, 2.05) is 0 Å². The Balaban J connectivity index is 2.13. The topological polar surface area (TPSA) is 24.1 Å². The molecule has 13 heavy (non-hydrogen) atoms. The number of benzene rings is 1. The van der Waals surface area contributed by atoms with E-state index < -0.39 is 0 Å². The molecule has 1 aliphatic rings. The molecule has 0 unspecified atom stereocenters. The molecule has 1 aromatic carbocycles. The Hall–Kier alpha value is -0.610. The van der Waals surface area contributed by atoms with Crippen LogP contribution in [0.15, 0.2) is 22.7 Å². The van der Waals surface area contributed by atoms with Gasteiger partial charge in [0.1, 0.15) is 5.82 Å². The quantitative estimate of drug-likeness (QED) is 0.832. The van der Waals surface area contributed by atoms with Crippen LogP contribution in [-0.2, 0) is 0 Å². The summed E-state index contributed by atoms with van der Waals surface area (Å²) >= 11 is 3.36. The molecule has 1 saturated heterocycles. The number of rotatable bonds is 2. The third-order valence-corrected chi connectivity index (χ3v) is 2.76. The third-order valence-electron chi connectivity index (χ3n) is 2.07. The Kier molecular flexibility index (Phi) is 2.51. The van der Waals surface area contributed by atoms with Crippen LogP contribution in [0.4, 0.5) is 10.1 Å². The first kappa shape index (κ1) is 8.97. The average Bonchev–Trinajstić information content (AvgIpc) is 2.03. The summed E-state index contributed by atoms with van der Waals surface area (Å²) in [5.74, 6) is -0.210. The van der Waals surface area contributed by atoms with Crippen LogP contribution in [0.5, 0.6) is 0 Å². The fourth-order valence-corrected chi connectivity index (χ4v) is 1.58. The van der Waals surface area contributed by atoms with Crippen LogP contribution in [0, 0.1) is 5.82 Å². The van der Waals surface area contributed by atoms with Gasteiger partial charge in [0.25, 0.3) is 0 Å². The Labute approximate surface area is 84.7 Å². The van der Waals surface area contributed by atoms with Crippen molar-refractivity contribution in [1.29, 1.82) is 0 Å². The molecule has 0 saturated carbocycles. The molecule has 2 N–H and O–H groups in total. The van der Waals surface area contributed by atoms with Gasteiger partial charge in [0.15, 0.2) is 0 Å². The lowest BCUT2D eigenvalue weighted by Gasteiger charge is -2.29. The second-order valence-electron chi connectivity index (χ2n) is 3.12. The first-order valence-electron chi connectivity index (χ1n) is 4.18. The molecular weight excluding hydrogens is 235 g/mol. The predicted molar refractivity (Wildman–Crippen MR) is 54.4 cm³/mol. The Morgan fingerprint density at radius 1 is 1.46 bits per heavy atom. The monoisotopic (exact) mass is 244 g/mol. The van der Waals surface area contributed by atoms with Crippen LogP contribution in [-0.4, -0.2) is 19.1 Å². The van der Waals surface area contributed by atoms with E-state index in [1.54, 1.807) is 6.07 Å². The highest BCUT2D eigenvalue weighted by Gasteiger charge is 2.16. The van der Waals surface area contributed by atoms with Crippen LogP contribution >= 0.6 is 15.9 Å². The molecule has 2 rings (SSSR count). The second kappa shape index (κ2) is 3.64. The van der Waals surface area contributed by atoms with Crippen LogP contribution in [0.1, 0.15) is 0 Å². The van der Waals surface area contributed by atoms with Crippen molar-refractivity contribution in [3.63, 3.8) is 0 Å². The van der Waals surface area contributed by atoms with Crippen LogP contribution in [0.3, 0.4) is 0 Å². The average molecular weight is 245 g/mol. The van der Waals surface area contributed by atoms with Crippen molar-refractivity contribution in [2.75, 3.05) is 18.4 Å². The van der Waals surface area contributed by atoms with Crippen molar-refractivity contribution in [2.24, 2.45) is 0 Å². The zero-order valence-corrected chi connectivity index (χ0v) is 8.57. The van der Waals surface area contributed by atoms with Gasteiger partial charge in [-0.05, 0) is 34.1 Å². The van der Waals surface area contributed by atoms with Gasteiger partial charge in [0.05, 0.1) is 11.7 Å². The molecule has 0 atom stereocenters. The normalized spacial score (nSPS) is 16.8. The second-order valence-corrected chi connectivity index (χ2v) is 3.98. The maximum Gasteiger partial charge on any atom is 0.125 e. The number of halogens is 2. The maximum atomic E-state index is 12.8. The molecule has 0 aliphatic carbocycles. The van der Waals surface area contributed by atoms with Gasteiger partial charge in [-0.1, -0.05) is 0 Å². The summed E-state index contributed by atoms with van der Waals surface area (Å²) in [5.41, 5.74) is 0.825. The van der Waals surface area contributed by atoms with Crippen LogP contribution in [0.25, 0.3) is 0 Å². The Bertz CT molecular complexity index is 312. The lowest BCUT2D eigenvalue weighted by atomic mass is 10.1. The highest BCUT2D eigenvalue weighted by atomic mass is 79.9. The van der Waals surface area contributed by atoms with Crippen molar-refractivity contribution in [3.8, 4) is 0 Å². The molecule has 70 valence electrons. The first-order valence-corrected chi connectivity index (χ1v) is 4.97. The minimum absolute atomic E-state index is 0.210. The van der Waals surface area contributed by atoms with Crippen molar-refractivity contribution < 1.29 is 4.39 Å². The smallest absolute Gasteiger partial charge is 0.125 e. The summed E-state index contributed by atoms with van der Waals surface area (Å²) in [4.78, 5) is 0. The summed E-state index contributed by atoms with van der Waals surface area (Å²) in [7, 11) is 0. The molecule has 1 fully saturated rings. The molecular formula is C9H10BrFN2. The fraction of sp³-hybridized carbons (Fsp3) is 0.333. The van der Waals surface area contributed by atoms with Gasteiger partial charge in [-0.25, -0.2) is 4.39 Å². The van der Waals surface area contributed by atoms with E-state index in [-0.39, 0.29) is 5.82 Å². The molecule has 1 aliphatic heterocycles. The number of anilines is 1.